The van der Waals surface area contributed by atoms with E-state index in [0.29, 0.717) is 30.2 Å². The molecule has 26 heavy (non-hydrogen) atoms. The molecule has 0 saturated carbocycles. The fourth-order valence-electron chi connectivity index (χ4n) is 2.92. The van der Waals surface area contributed by atoms with Gasteiger partial charge < -0.3 is 19.7 Å². The molecule has 2 aromatic carbocycles. The van der Waals surface area contributed by atoms with Crippen molar-refractivity contribution in [1.82, 2.24) is 0 Å². The van der Waals surface area contributed by atoms with Gasteiger partial charge in [0.2, 0.25) is 5.91 Å². The van der Waals surface area contributed by atoms with E-state index in [0.717, 1.165) is 11.4 Å². The predicted octanol–water partition coefficient (Wildman–Crippen LogP) is 3.12. The van der Waals surface area contributed by atoms with Crippen LogP contribution in [0.3, 0.4) is 0 Å². The van der Waals surface area contributed by atoms with Crippen LogP contribution in [0.1, 0.15) is 24.2 Å². The Morgan fingerprint density at radius 2 is 1.92 bits per heavy atom. The fourth-order valence-corrected chi connectivity index (χ4v) is 2.92. The van der Waals surface area contributed by atoms with Gasteiger partial charge in [-0.3, -0.25) is 9.59 Å². The van der Waals surface area contributed by atoms with Gasteiger partial charge in [0.25, 0.3) is 0 Å². The molecule has 3 rings (SSSR count). The Labute approximate surface area is 152 Å². The first-order chi connectivity index (χ1) is 12.5. The number of fused-ring (bicyclic) bond motifs is 1. The summed E-state index contributed by atoms with van der Waals surface area (Å²) in [4.78, 5) is 26.4. The number of ether oxygens (including phenoxy) is 2. The highest BCUT2D eigenvalue weighted by Crippen LogP contribution is 2.34. The number of methoxy groups -OCH3 is 1. The number of amides is 1. The third-order valence-corrected chi connectivity index (χ3v) is 4.47. The van der Waals surface area contributed by atoms with Crippen molar-refractivity contribution >= 4 is 23.1 Å². The summed E-state index contributed by atoms with van der Waals surface area (Å²) in [5, 5.41) is 2.91. The largest absolute Gasteiger partial charge is 0.497 e. The molecule has 6 heteroatoms. The molecule has 1 heterocycles. The fraction of sp³-hybridized carbons (Fsp3) is 0.300. The second kappa shape index (κ2) is 7.47. The maximum absolute atomic E-state index is 12.7. The normalized spacial score (nSPS) is 14.0. The second-order valence-corrected chi connectivity index (χ2v) is 6.17. The first-order valence-electron chi connectivity index (χ1n) is 8.49. The van der Waals surface area contributed by atoms with Crippen LogP contribution in [0.15, 0.2) is 42.5 Å². The van der Waals surface area contributed by atoms with Gasteiger partial charge in [-0.2, -0.15) is 0 Å². The standard InChI is InChI=1S/C20H22N2O4/c1-13(20(24)21-16-5-7-17(25-3)8-6-16)22-10-11-26-19-9-4-15(14(2)23)12-18(19)22/h4-9,12-13H,10-11H2,1-3H3,(H,21,24). The summed E-state index contributed by atoms with van der Waals surface area (Å²) in [6, 6.07) is 12.1. The molecule has 1 unspecified atom stereocenters. The average Bonchev–Trinajstić information content (AvgIpc) is 2.67. The van der Waals surface area contributed by atoms with Crippen LogP contribution >= 0.6 is 0 Å². The molecular formula is C20H22N2O4. The maximum atomic E-state index is 12.7. The second-order valence-electron chi connectivity index (χ2n) is 6.17. The lowest BCUT2D eigenvalue weighted by Gasteiger charge is -2.35. The quantitative estimate of drug-likeness (QED) is 0.836. The Morgan fingerprint density at radius 3 is 2.58 bits per heavy atom. The summed E-state index contributed by atoms with van der Waals surface area (Å²) in [6.07, 6.45) is 0. The van der Waals surface area contributed by atoms with Crippen molar-refractivity contribution in [3.8, 4) is 11.5 Å². The lowest BCUT2D eigenvalue weighted by atomic mass is 10.1. The van der Waals surface area contributed by atoms with Gasteiger partial charge in [0, 0.05) is 11.3 Å². The Kier molecular flexibility index (Phi) is 5.11. The van der Waals surface area contributed by atoms with Gasteiger partial charge in [0.15, 0.2) is 5.78 Å². The molecule has 0 bridgehead atoms. The summed E-state index contributed by atoms with van der Waals surface area (Å²) in [5.74, 6) is 1.27. The van der Waals surface area contributed by atoms with Crippen molar-refractivity contribution in [2.45, 2.75) is 19.9 Å². The predicted molar refractivity (Wildman–Crippen MR) is 100 cm³/mol. The molecule has 1 aliphatic heterocycles. The van der Waals surface area contributed by atoms with Crippen molar-refractivity contribution in [2.24, 2.45) is 0 Å². The molecule has 1 amide bonds. The van der Waals surface area contributed by atoms with Gasteiger partial charge in [-0.1, -0.05) is 0 Å². The Bertz CT molecular complexity index is 817. The molecule has 0 aliphatic carbocycles. The number of rotatable bonds is 5. The van der Waals surface area contributed by atoms with E-state index in [1.54, 1.807) is 49.6 Å². The highest BCUT2D eigenvalue weighted by Gasteiger charge is 2.27. The van der Waals surface area contributed by atoms with Crippen LogP contribution in [0.5, 0.6) is 11.5 Å². The summed E-state index contributed by atoms with van der Waals surface area (Å²) in [5.41, 5.74) is 2.07. The Hall–Kier alpha value is -3.02. The zero-order chi connectivity index (χ0) is 18.7. The topological polar surface area (TPSA) is 67.9 Å². The van der Waals surface area contributed by atoms with Gasteiger partial charge in [0.1, 0.15) is 24.1 Å². The van der Waals surface area contributed by atoms with Crippen molar-refractivity contribution in [3.05, 3.63) is 48.0 Å². The molecule has 1 N–H and O–H groups in total. The summed E-state index contributed by atoms with van der Waals surface area (Å²) >= 11 is 0. The summed E-state index contributed by atoms with van der Waals surface area (Å²) in [6.45, 7) is 4.43. The van der Waals surface area contributed by atoms with E-state index in [2.05, 4.69) is 5.32 Å². The molecule has 1 atom stereocenters. The van der Waals surface area contributed by atoms with Gasteiger partial charge in [-0.05, 0) is 56.3 Å². The van der Waals surface area contributed by atoms with Crippen molar-refractivity contribution in [2.75, 3.05) is 30.5 Å². The minimum Gasteiger partial charge on any atom is -0.497 e. The van der Waals surface area contributed by atoms with Crippen LogP contribution in [0, 0.1) is 0 Å². The number of ketones is 1. The summed E-state index contributed by atoms with van der Waals surface area (Å²) in [7, 11) is 1.60. The number of carbonyl (C=O) groups is 2. The molecule has 0 fully saturated rings. The van der Waals surface area contributed by atoms with Gasteiger partial charge in [0.05, 0.1) is 19.3 Å². The Morgan fingerprint density at radius 1 is 1.19 bits per heavy atom. The van der Waals surface area contributed by atoms with E-state index in [9.17, 15) is 9.59 Å². The smallest absolute Gasteiger partial charge is 0.246 e. The average molecular weight is 354 g/mol. The van der Waals surface area contributed by atoms with E-state index in [1.165, 1.54) is 6.92 Å². The highest BCUT2D eigenvalue weighted by molar-refractivity contribution is 5.98. The Balaban J connectivity index is 1.79. The van der Waals surface area contributed by atoms with Crippen LogP contribution in [0.25, 0.3) is 0 Å². The molecule has 6 nitrogen and oxygen atoms in total. The van der Waals surface area contributed by atoms with Crippen molar-refractivity contribution in [1.29, 1.82) is 0 Å². The SMILES string of the molecule is COc1ccc(NC(=O)C(C)N2CCOc3ccc(C(C)=O)cc32)cc1. The number of anilines is 2. The number of Topliss-reactive ketones (excluding diaryl/α,β-unsaturated/α-hetero) is 1. The summed E-state index contributed by atoms with van der Waals surface area (Å²) < 4.78 is 10.8. The third kappa shape index (κ3) is 3.64. The van der Waals surface area contributed by atoms with Gasteiger partial charge >= 0.3 is 0 Å². The zero-order valence-corrected chi connectivity index (χ0v) is 15.1. The lowest BCUT2D eigenvalue weighted by molar-refractivity contribution is -0.117. The first kappa shape index (κ1) is 17.8. The molecule has 136 valence electrons. The van der Waals surface area contributed by atoms with E-state index in [1.807, 2.05) is 11.8 Å². The monoisotopic (exact) mass is 354 g/mol. The van der Waals surface area contributed by atoms with Crippen LogP contribution in [-0.2, 0) is 4.79 Å². The number of nitrogens with one attached hydrogen (secondary N) is 1. The molecule has 0 saturated heterocycles. The number of benzene rings is 2. The lowest BCUT2D eigenvalue weighted by Crippen LogP contribution is -2.46. The van der Waals surface area contributed by atoms with Crippen LogP contribution in [0.2, 0.25) is 0 Å². The van der Waals surface area contributed by atoms with Gasteiger partial charge in [-0.25, -0.2) is 0 Å². The van der Waals surface area contributed by atoms with Gasteiger partial charge in [-0.15, -0.1) is 0 Å². The van der Waals surface area contributed by atoms with Crippen molar-refractivity contribution < 1.29 is 19.1 Å². The maximum Gasteiger partial charge on any atom is 0.246 e. The van der Waals surface area contributed by atoms with E-state index < -0.39 is 6.04 Å². The minimum atomic E-state index is -0.415. The molecule has 0 radical (unpaired) electrons. The van der Waals surface area contributed by atoms with Crippen LogP contribution in [-0.4, -0.2) is 38.0 Å². The van der Waals surface area contributed by atoms with Crippen molar-refractivity contribution in [3.63, 3.8) is 0 Å². The number of hydrogen-bond donors (Lipinski definition) is 1. The third-order valence-electron chi connectivity index (χ3n) is 4.47. The highest BCUT2D eigenvalue weighted by atomic mass is 16.5. The molecular weight excluding hydrogens is 332 g/mol. The van der Waals surface area contributed by atoms with E-state index in [-0.39, 0.29) is 11.7 Å². The van der Waals surface area contributed by atoms with Crippen LogP contribution in [0.4, 0.5) is 11.4 Å². The van der Waals surface area contributed by atoms with E-state index >= 15 is 0 Å². The molecule has 0 aromatic heterocycles. The molecule has 1 aliphatic rings. The van der Waals surface area contributed by atoms with Crippen LogP contribution < -0.4 is 19.7 Å². The molecule has 2 aromatic rings. The first-order valence-corrected chi connectivity index (χ1v) is 8.49. The number of nitrogens with zero attached hydrogens (tertiary/aromatic N) is 1. The minimum absolute atomic E-state index is 0.0198. The number of carbonyl (C=O) groups excluding carboxylic acids is 2. The van der Waals surface area contributed by atoms with E-state index in [4.69, 9.17) is 9.47 Å². The zero-order valence-electron chi connectivity index (χ0n) is 15.1. The molecule has 0 spiro atoms. The number of hydrogen-bond acceptors (Lipinski definition) is 5.